The van der Waals surface area contributed by atoms with Crippen LogP contribution in [0.5, 0.6) is 0 Å². The fraction of sp³-hybridized carbons (Fsp3) is 0.526. The van der Waals surface area contributed by atoms with E-state index in [-0.39, 0.29) is 17.6 Å². The molecule has 1 saturated heterocycles. The molecule has 0 saturated carbocycles. The Morgan fingerprint density at radius 1 is 1.33 bits per heavy atom. The van der Waals surface area contributed by atoms with E-state index in [0.717, 1.165) is 32.5 Å². The minimum Gasteiger partial charge on any atom is -0.352 e. The molecule has 0 bridgehead atoms. The van der Waals surface area contributed by atoms with Crippen LogP contribution in [0.25, 0.3) is 0 Å². The lowest BCUT2D eigenvalue weighted by atomic mass is 10.0. The Morgan fingerprint density at radius 2 is 2.12 bits per heavy atom. The lowest BCUT2D eigenvalue weighted by Gasteiger charge is -2.17. The third-order valence-electron chi connectivity index (χ3n) is 4.69. The zero-order chi connectivity index (χ0) is 16.8. The van der Waals surface area contributed by atoms with Gasteiger partial charge in [0.25, 0.3) is 0 Å². The summed E-state index contributed by atoms with van der Waals surface area (Å²) < 4.78 is 0. The summed E-state index contributed by atoms with van der Waals surface area (Å²) in [6, 6.07) is 10.7. The molecule has 0 aromatic heterocycles. The number of carbonyl (C=O) groups is 1. The van der Waals surface area contributed by atoms with Crippen molar-refractivity contribution >= 4 is 5.91 Å². The predicted octanol–water partition coefficient (Wildman–Crippen LogP) is 2.73. The van der Waals surface area contributed by atoms with Crippen molar-refractivity contribution in [2.24, 2.45) is 10.2 Å². The zero-order valence-corrected chi connectivity index (χ0v) is 13.9. The summed E-state index contributed by atoms with van der Waals surface area (Å²) in [6.07, 6.45) is 8.83. The van der Waals surface area contributed by atoms with E-state index in [4.69, 9.17) is 6.42 Å². The Kier molecular flexibility index (Phi) is 5.27. The highest BCUT2D eigenvalue weighted by atomic mass is 16.1. The van der Waals surface area contributed by atoms with Crippen molar-refractivity contribution in [3.63, 3.8) is 0 Å². The topological polar surface area (TPSA) is 57.1 Å². The maximum atomic E-state index is 12.2. The second kappa shape index (κ2) is 7.59. The standard InChI is InChI=1S/C19H24N4O/c1-2-3-11-19(21-22-19)12-9-18(24)20-17-10-13-23(15-17)14-16-7-5-4-6-8-16/h1,4-8,17H,3,9-15H2,(H,20,24)/t17-/m0/s1. The second-order valence-electron chi connectivity index (χ2n) is 6.66. The third kappa shape index (κ3) is 4.65. The van der Waals surface area contributed by atoms with Crippen molar-refractivity contribution in [2.75, 3.05) is 13.1 Å². The predicted molar refractivity (Wildman–Crippen MR) is 93.2 cm³/mol. The number of terminal acetylenes is 1. The fourth-order valence-electron chi connectivity index (χ4n) is 3.22. The molecule has 1 amide bonds. The van der Waals surface area contributed by atoms with Crippen LogP contribution in [0.15, 0.2) is 40.6 Å². The molecule has 1 N–H and O–H groups in total. The summed E-state index contributed by atoms with van der Waals surface area (Å²) in [6.45, 7) is 2.88. The Labute approximate surface area is 143 Å². The van der Waals surface area contributed by atoms with Gasteiger partial charge in [0.2, 0.25) is 5.91 Å². The molecule has 0 unspecified atom stereocenters. The van der Waals surface area contributed by atoms with E-state index in [9.17, 15) is 4.79 Å². The average molecular weight is 324 g/mol. The van der Waals surface area contributed by atoms with Crippen molar-refractivity contribution in [3.8, 4) is 12.3 Å². The van der Waals surface area contributed by atoms with Crippen LogP contribution in [-0.2, 0) is 11.3 Å². The molecular formula is C19H24N4O. The molecule has 1 aromatic carbocycles. The van der Waals surface area contributed by atoms with Gasteiger partial charge in [-0.1, -0.05) is 30.3 Å². The van der Waals surface area contributed by atoms with Crippen LogP contribution in [0.2, 0.25) is 0 Å². The van der Waals surface area contributed by atoms with E-state index in [1.54, 1.807) is 0 Å². The van der Waals surface area contributed by atoms with Crippen LogP contribution in [-0.4, -0.2) is 35.6 Å². The minimum absolute atomic E-state index is 0.0962. The van der Waals surface area contributed by atoms with Gasteiger partial charge in [0.05, 0.1) is 0 Å². The molecule has 5 heteroatoms. The largest absolute Gasteiger partial charge is 0.352 e. The minimum atomic E-state index is -0.362. The van der Waals surface area contributed by atoms with E-state index >= 15 is 0 Å². The van der Waals surface area contributed by atoms with Gasteiger partial charge >= 0.3 is 0 Å². The smallest absolute Gasteiger partial charge is 0.220 e. The van der Waals surface area contributed by atoms with Gasteiger partial charge in [0, 0.05) is 51.4 Å². The molecule has 5 nitrogen and oxygen atoms in total. The number of amides is 1. The first-order chi connectivity index (χ1) is 11.7. The van der Waals surface area contributed by atoms with Crippen LogP contribution >= 0.6 is 0 Å². The molecule has 0 radical (unpaired) electrons. The molecular weight excluding hydrogens is 300 g/mol. The highest BCUT2D eigenvalue weighted by Crippen LogP contribution is 2.37. The summed E-state index contributed by atoms with van der Waals surface area (Å²) >= 11 is 0. The third-order valence-corrected chi connectivity index (χ3v) is 4.69. The van der Waals surface area contributed by atoms with E-state index in [1.165, 1.54) is 5.56 Å². The fourth-order valence-corrected chi connectivity index (χ4v) is 3.22. The first kappa shape index (κ1) is 16.7. The van der Waals surface area contributed by atoms with Gasteiger partial charge in [-0.15, -0.1) is 12.3 Å². The quantitative estimate of drug-likeness (QED) is 0.748. The van der Waals surface area contributed by atoms with E-state index in [0.29, 0.717) is 19.3 Å². The second-order valence-corrected chi connectivity index (χ2v) is 6.66. The molecule has 2 aliphatic heterocycles. The number of likely N-dealkylation sites (tertiary alicyclic amines) is 1. The van der Waals surface area contributed by atoms with Gasteiger partial charge in [-0.05, 0) is 12.0 Å². The highest BCUT2D eigenvalue weighted by molar-refractivity contribution is 5.76. The first-order valence-electron chi connectivity index (χ1n) is 8.62. The molecule has 0 spiro atoms. The Balaban J connectivity index is 1.36. The molecule has 0 aliphatic carbocycles. The summed E-state index contributed by atoms with van der Waals surface area (Å²) in [5.41, 5.74) is 0.954. The number of benzene rings is 1. The van der Waals surface area contributed by atoms with Crippen LogP contribution in [0.4, 0.5) is 0 Å². The molecule has 2 aliphatic rings. The zero-order valence-electron chi connectivity index (χ0n) is 13.9. The first-order valence-corrected chi connectivity index (χ1v) is 8.62. The maximum absolute atomic E-state index is 12.2. The maximum Gasteiger partial charge on any atom is 0.220 e. The molecule has 24 heavy (non-hydrogen) atoms. The lowest BCUT2D eigenvalue weighted by molar-refractivity contribution is -0.122. The summed E-state index contributed by atoms with van der Waals surface area (Å²) in [7, 11) is 0. The SMILES string of the molecule is C#CCCC1(CCC(=O)N[C@H]2CCN(Cc3ccccc3)C2)N=N1. The van der Waals surface area contributed by atoms with Gasteiger partial charge in [0.15, 0.2) is 5.66 Å². The molecule has 1 aromatic rings. The van der Waals surface area contributed by atoms with Crippen LogP contribution in [0, 0.1) is 12.3 Å². The molecule has 2 heterocycles. The van der Waals surface area contributed by atoms with E-state index in [1.807, 2.05) is 6.07 Å². The monoisotopic (exact) mass is 324 g/mol. The van der Waals surface area contributed by atoms with Crippen molar-refractivity contribution in [1.29, 1.82) is 0 Å². The van der Waals surface area contributed by atoms with Gasteiger partial charge < -0.3 is 5.32 Å². The number of hydrogen-bond acceptors (Lipinski definition) is 4. The molecule has 126 valence electrons. The average Bonchev–Trinajstić information content (AvgIpc) is 3.25. The lowest BCUT2D eigenvalue weighted by Crippen LogP contribution is -2.37. The van der Waals surface area contributed by atoms with Gasteiger partial charge in [-0.25, -0.2) is 0 Å². The van der Waals surface area contributed by atoms with Gasteiger partial charge in [0.1, 0.15) is 0 Å². The number of carbonyl (C=O) groups excluding carboxylic acids is 1. The van der Waals surface area contributed by atoms with Crippen LogP contribution < -0.4 is 5.32 Å². The van der Waals surface area contributed by atoms with Gasteiger partial charge in [-0.3, -0.25) is 9.69 Å². The number of rotatable bonds is 8. The summed E-state index contributed by atoms with van der Waals surface area (Å²) in [5, 5.41) is 11.3. The Hall–Kier alpha value is -2.19. The van der Waals surface area contributed by atoms with Crippen molar-refractivity contribution < 1.29 is 4.79 Å². The molecule has 3 rings (SSSR count). The van der Waals surface area contributed by atoms with Crippen LogP contribution in [0.3, 0.4) is 0 Å². The van der Waals surface area contributed by atoms with Crippen molar-refractivity contribution in [1.82, 2.24) is 10.2 Å². The Morgan fingerprint density at radius 3 is 2.83 bits per heavy atom. The van der Waals surface area contributed by atoms with Crippen molar-refractivity contribution in [3.05, 3.63) is 35.9 Å². The van der Waals surface area contributed by atoms with E-state index in [2.05, 4.69) is 50.6 Å². The van der Waals surface area contributed by atoms with E-state index < -0.39 is 0 Å². The van der Waals surface area contributed by atoms with Crippen molar-refractivity contribution in [2.45, 2.75) is 50.4 Å². The summed E-state index contributed by atoms with van der Waals surface area (Å²) in [5.74, 6) is 2.71. The molecule has 1 atom stereocenters. The van der Waals surface area contributed by atoms with Crippen LogP contribution in [0.1, 0.15) is 37.7 Å². The molecule has 1 fully saturated rings. The highest BCUT2D eigenvalue weighted by Gasteiger charge is 2.39. The van der Waals surface area contributed by atoms with Gasteiger partial charge in [-0.2, -0.15) is 10.2 Å². The summed E-state index contributed by atoms with van der Waals surface area (Å²) in [4.78, 5) is 14.5. The number of nitrogens with zero attached hydrogens (tertiary/aromatic N) is 3. The number of hydrogen-bond donors (Lipinski definition) is 1. The normalized spacial score (nSPS) is 21.4. The number of nitrogens with one attached hydrogen (secondary N) is 1. The Bertz CT molecular complexity index is 629.